The molecule has 0 amide bonds. The summed E-state index contributed by atoms with van der Waals surface area (Å²) in [6, 6.07) is 0. The Labute approximate surface area is 160 Å². The zero-order valence-corrected chi connectivity index (χ0v) is 17.9. The van der Waals surface area contributed by atoms with Crippen molar-refractivity contribution in [2.24, 2.45) is 0 Å². The summed E-state index contributed by atoms with van der Waals surface area (Å²) in [7, 11) is 0. The van der Waals surface area contributed by atoms with E-state index in [4.69, 9.17) is 0 Å². The molecule has 0 heterocycles. The highest BCUT2D eigenvalue weighted by molar-refractivity contribution is 4.73. The molecule has 0 unspecified atom stereocenters. The molecule has 0 saturated heterocycles. The van der Waals surface area contributed by atoms with Crippen LogP contribution >= 0.6 is 0 Å². The fourth-order valence-corrected chi connectivity index (χ4v) is 3.59. The van der Waals surface area contributed by atoms with E-state index in [9.17, 15) is 0 Å². The molecule has 0 aliphatic rings. The standard InChI is InChI=1S/C24H49N/c1-4-7-9-11-13-15-17-19-21-24-25(22-6-3)23-20-18-16-14-12-10-8-5-2/h6H,3-5,7-24H2,1-2H3. The average Bonchev–Trinajstić information content (AvgIpc) is 2.62. The van der Waals surface area contributed by atoms with Gasteiger partial charge in [-0.25, -0.2) is 0 Å². The second-order valence-electron chi connectivity index (χ2n) is 7.89. The van der Waals surface area contributed by atoms with Gasteiger partial charge >= 0.3 is 0 Å². The molecule has 0 atom stereocenters. The van der Waals surface area contributed by atoms with Gasteiger partial charge in [0.05, 0.1) is 0 Å². The summed E-state index contributed by atoms with van der Waals surface area (Å²) in [4.78, 5) is 2.62. The molecule has 0 aromatic rings. The van der Waals surface area contributed by atoms with Gasteiger partial charge in [-0.1, -0.05) is 116 Å². The molecular formula is C24H49N. The number of rotatable bonds is 21. The minimum absolute atomic E-state index is 1.08. The molecule has 0 aromatic heterocycles. The maximum atomic E-state index is 3.94. The highest BCUT2D eigenvalue weighted by Gasteiger charge is 2.02. The Kier molecular flexibility index (Phi) is 21.5. The van der Waals surface area contributed by atoms with Crippen molar-refractivity contribution in [3.63, 3.8) is 0 Å². The van der Waals surface area contributed by atoms with Crippen LogP contribution in [0.4, 0.5) is 0 Å². The summed E-state index contributed by atoms with van der Waals surface area (Å²) in [5.74, 6) is 0. The monoisotopic (exact) mass is 351 g/mol. The van der Waals surface area contributed by atoms with Gasteiger partial charge < -0.3 is 0 Å². The average molecular weight is 352 g/mol. The molecule has 0 aliphatic carbocycles. The van der Waals surface area contributed by atoms with Gasteiger partial charge in [-0.2, -0.15) is 0 Å². The molecule has 150 valence electrons. The Balaban J connectivity index is 3.44. The first-order valence-corrected chi connectivity index (χ1v) is 11.7. The smallest absolute Gasteiger partial charge is 0.0160 e. The van der Waals surface area contributed by atoms with Gasteiger partial charge in [0.1, 0.15) is 0 Å². The van der Waals surface area contributed by atoms with Gasteiger partial charge in [-0.05, 0) is 25.9 Å². The lowest BCUT2D eigenvalue weighted by Gasteiger charge is -2.20. The second kappa shape index (κ2) is 21.7. The highest BCUT2D eigenvalue weighted by atomic mass is 15.1. The minimum Gasteiger partial charge on any atom is -0.300 e. The SMILES string of the molecule is C=CCN(CCCCCCCCCC)CCCCCCCCCCC. The summed E-state index contributed by atoms with van der Waals surface area (Å²) < 4.78 is 0. The summed E-state index contributed by atoms with van der Waals surface area (Å²) >= 11 is 0. The molecule has 0 fully saturated rings. The molecule has 0 aromatic carbocycles. The Morgan fingerprint density at radius 1 is 0.520 bits per heavy atom. The van der Waals surface area contributed by atoms with E-state index in [0.717, 1.165) is 6.54 Å². The van der Waals surface area contributed by atoms with Crippen LogP contribution in [0.5, 0.6) is 0 Å². The van der Waals surface area contributed by atoms with Crippen molar-refractivity contribution in [2.75, 3.05) is 19.6 Å². The maximum Gasteiger partial charge on any atom is 0.0160 e. The molecule has 0 N–H and O–H groups in total. The number of hydrogen-bond donors (Lipinski definition) is 0. The van der Waals surface area contributed by atoms with Crippen LogP contribution in [0.1, 0.15) is 123 Å². The lowest BCUT2D eigenvalue weighted by atomic mass is 10.1. The van der Waals surface area contributed by atoms with Crippen LogP contribution in [0.3, 0.4) is 0 Å². The predicted octanol–water partition coefficient (Wildman–Crippen LogP) is 8.15. The lowest BCUT2D eigenvalue weighted by molar-refractivity contribution is 0.286. The number of unbranched alkanes of at least 4 members (excludes halogenated alkanes) is 15. The van der Waals surface area contributed by atoms with Crippen molar-refractivity contribution in [2.45, 2.75) is 123 Å². The van der Waals surface area contributed by atoms with E-state index in [1.54, 1.807) is 0 Å². The largest absolute Gasteiger partial charge is 0.300 e. The van der Waals surface area contributed by atoms with Crippen molar-refractivity contribution in [3.05, 3.63) is 12.7 Å². The summed E-state index contributed by atoms with van der Waals surface area (Å²) in [5, 5.41) is 0. The van der Waals surface area contributed by atoms with Crippen LogP contribution in [0.15, 0.2) is 12.7 Å². The van der Waals surface area contributed by atoms with Crippen LogP contribution in [-0.2, 0) is 0 Å². The fraction of sp³-hybridized carbons (Fsp3) is 0.917. The zero-order valence-electron chi connectivity index (χ0n) is 17.9. The van der Waals surface area contributed by atoms with E-state index in [1.807, 2.05) is 0 Å². The van der Waals surface area contributed by atoms with Crippen molar-refractivity contribution in [1.29, 1.82) is 0 Å². The third-order valence-electron chi connectivity index (χ3n) is 5.29. The molecule has 0 rings (SSSR count). The molecule has 0 radical (unpaired) electrons. The minimum atomic E-state index is 1.08. The second-order valence-corrected chi connectivity index (χ2v) is 7.89. The molecular weight excluding hydrogens is 302 g/mol. The van der Waals surface area contributed by atoms with E-state index in [0.29, 0.717) is 0 Å². The quantitative estimate of drug-likeness (QED) is 0.149. The first-order chi connectivity index (χ1) is 12.3. The van der Waals surface area contributed by atoms with E-state index in [-0.39, 0.29) is 0 Å². The molecule has 1 heteroatoms. The predicted molar refractivity (Wildman–Crippen MR) is 116 cm³/mol. The highest BCUT2D eigenvalue weighted by Crippen LogP contribution is 2.11. The van der Waals surface area contributed by atoms with Gasteiger partial charge in [-0.15, -0.1) is 6.58 Å². The van der Waals surface area contributed by atoms with E-state index < -0.39 is 0 Å². The third kappa shape index (κ3) is 19.9. The van der Waals surface area contributed by atoms with Gasteiger partial charge in [0.15, 0.2) is 0 Å². The fourth-order valence-electron chi connectivity index (χ4n) is 3.59. The van der Waals surface area contributed by atoms with Crippen LogP contribution in [0.2, 0.25) is 0 Å². The van der Waals surface area contributed by atoms with Crippen LogP contribution in [-0.4, -0.2) is 24.5 Å². The van der Waals surface area contributed by atoms with Gasteiger partial charge in [0, 0.05) is 6.54 Å². The molecule has 1 nitrogen and oxygen atoms in total. The number of nitrogens with zero attached hydrogens (tertiary/aromatic N) is 1. The van der Waals surface area contributed by atoms with Crippen molar-refractivity contribution in [3.8, 4) is 0 Å². The van der Waals surface area contributed by atoms with E-state index in [1.165, 1.54) is 122 Å². The first-order valence-electron chi connectivity index (χ1n) is 11.7. The molecule has 0 bridgehead atoms. The molecule has 0 saturated carbocycles. The zero-order chi connectivity index (χ0) is 18.4. The molecule has 25 heavy (non-hydrogen) atoms. The van der Waals surface area contributed by atoms with E-state index >= 15 is 0 Å². The van der Waals surface area contributed by atoms with Crippen molar-refractivity contribution < 1.29 is 0 Å². The van der Waals surface area contributed by atoms with Gasteiger partial charge in [0.25, 0.3) is 0 Å². The van der Waals surface area contributed by atoms with Crippen LogP contribution < -0.4 is 0 Å². The number of hydrogen-bond acceptors (Lipinski definition) is 1. The maximum absolute atomic E-state index is 3.94. The Morgan fingerprint density at radius 3 is 1.16 bits per heavy atom. The van der Waals surface area contributed by atoms with Crippen LogP contribution in [0, 0.1) is 0 Å². The Morgan fingerprint density at radius 2 is 0.840 bits per heavy atom. The normalized spacial score (nSPS) is 11.3. The summed E-state index contributed by atoms with van der Waals surface area (Å²) in [6.07, 6.45) is 26.2. The van der Waals surface area contributed by atoms with Crippen molar-refractivity contribution >= 4 is 0 Å². The topological polar surface area (TPSA) is 3.24 Å². The van der Waals surface area contributed by atoms with Crippen LogP contribution in [0.25, 0.3) is 0 Å². The van der Waals surface area contributed by atoms with E-state index in [2.05, 4.69) is 31.4 Å². The molecule has 0 aliphatic heterocycles. The lowest BCUT2D eigenvalue weighted by Crippen LogP contribution is -2.26. The van der Waals surface area contributed by atoms with Crippen molar-refractivity contribution in [1.82, 2.24) is 4.90 Å². The third-order valence-corrected chi connectivity index (χ3v) is 5.29. The molecule has 0 spiro atoms. The summed E-state index contributed by atoms with van der Waals surface area (Å²) in [5.41, 5.74) is 0. The summed E-state index contributed by atoms with van der Waals surface area (Å²) in [6.45, 7) is 12.2. The Hall–Kier alpha value is -0.300. The Bertz CT molecular complexity index is 248. The van der Waals surface area contributed by atoms with Gasteiger partial charge in [-0.3, -0.25) is 4.90 Å². The first kappa shape index (κ1) is 24.7. The van der Waals surface area contributed by atoms with Gasteiger partial charge in [0.2, 0.25) is 0 Å².